The Morgan fingerprint density at radius 1 is 1.21 bits per heavy atom. The van der Waals surface area contributed by atoms with Gasteiger partial charge in [-0.15, -0.1) is 0 Å². The largest absolute Gasteiger partial charge is 0.367 e. The quantitative estimate of drug-likeness (QED) is 0.308. The van der Waals surface area contributed by atoms with Crippen LogP contribution in [0.2, 0.25) is 5.02 Å². The third-order valence-corrected chi connectivity index (χ3v) is 6.94. The molecule has 3 N–H and O–H groups in total. The summed E-state index contributed by atoms with van der Waals surface area (Å²) in [7, 11) is 0. The minimum atomic E-state index is -0.404. The van der Waals surface area contributed by atoms with E-state index in [0.29, 0.717) is 47.1 Å². The molecule has 11 heteroatoms. The smallest absolute Gasteiger partial charge is 0.254 e. The van der Waals surface area contributed by atoms with Gasteiger partial charge in [-0.25, -0.2) is 4.98 Å². The number of hydrogen-bond donors (Lipinski definition) is 3. The Kier molecular flexibility index (Phi) is 7.31. The minimum absolute atomic E-state index is 0.0221. The number of carbonyl (C=O) groups is 3. The number of imide groups is 1. The fraction of sp³-hybridized carbons (Fsp3) is 0.393. The monoisotopic (exact) mass is 549 g/mol. The summed E-state index contributed by atoms with van der Waals surface area (Å²) in [5.74, 6) is 0.754. The molecule has 2 aliphatic heterocycles. The number of halogens is 1. The highest BCUT2D eigenvalue weighted by Crippen LogP contribution is 2.27. The minimum Gasteiger partial charge on any atom is -0.367 e. The van der Waals surface area contributed by atoms with Gasteiger partial charge in [0.25, 0.3) is 5.91 Å². The van der Waals surface area contributed by atoms with Gasteiger partial charge in [0.05, 0.1) is 12.6 Å². The van der Waals surface area contributed by atoms with Crippen LogP contribution in [-0.4, -0.2) is 56.4 Å². The zero-order chi connectivity index (χ0) is 27.7. The number of benzene rings is 1. The summed E-state index contributed by atoms with van der Waals surface area (Å²) < 4.78 is 1.70. The van der Waals surface area contributed by atoms with E-state index in [0.717, 1.165) is 24.3 Å². The van der Waals surface area contributed by atoms with Crippen LogP contribution in [0.3, 0.4) is 0 Å². The first-order valence-corrected chi connectivity index (χ1v) is 13.4. The Labute approximate surface area is 231 Å². The van der Waals surface area contributed by atoms with Crippen molar-refractivity contribution >= 4 is 58.4 Å². The van der Waals surface area contributed by atoms with Gasteiger partial charge in [-0.3, -0.25) is 19.7 Å². The molecule has 0 bridgehead atoms. The molecular weight excluding hydrogens is 518 g/mol. The molecule has 0 unspecified atom stereocenters. The number of amides is 3. The van der Waals surface area contributed by atoms with Crippen LogP contribution in [-0.2, 0) is 14.4 Å². The number of likely N-dealkylation sites (tertiary alicyclic amines) is 1. The van der Waals surface area contributed by atoms with Crippen LogP contribution >= 0.6 is 11.6 Å². The van der Waals surface area contributed by atoms with E-state index in [1.165, 1.54) is 0 Å². The van der Waals surface area contributed by atoms with E-state index in [9.17, 15) is 14.4 Å². The number of rotatable bonds is 6. The summed E-state index contributed by atoms with van der Waals surface area (Å²) in [6.07, 6.45) is 5.45. The van der Waals surface area contributed by atoms with Crippen molar-refractivity contribution in [1.82, 2.24) is 24.8 Å². The Hall–Kier alpha value is -3.92. The number of hydrogen-bond acceptors (Lipinski definition) is 7. The Bertz CT molecular complexity index is 1470. The van der Waals surface area contributed by atoms with Crippen LogP contribution in [0.5, 0.6) is 0 Å². The summed E-state index contributed by atoms with van der Waals surface area (Å²) in [4.78, 5) is 43.2. The average Bonchev–Trinajstić information content (AvgIpc) is 3.40. The molecule has 3 aromatic rings. The fourth-order valence-electron chi connectivity index (χ4n) is 4.82. The third-order valence-electron chi connectivity index (χ3n) is 6.70. The van der Waals surface area contributed by atoms with Crippen LogP contribution in [0.1, 0.15) is 52.0 Å². The summed E-state index contributed by atoms with van der Waals surface area (Å²) in [6.45, 7) is 7.61. The highest BCUT2D eigenvalue weighted by Gasteiger charge is 2.27. The molecule has 0 radical (unpaired) electrons. The second kappa shape index (κ2) is 10.7. The number of anilines is 3. The predicted molar refractivity (Wildman–Crippen MR) is 151 cm³/mol. The number of piperidine rings is 1. The molecule has 0 atom stereocenters. The lowest BCUT2D eigenvalue weighted by Crippen LogP contribution is -2.43. The van der Waals surface area contributed by atoms with Crippen LogP contribution in [0, 0.1) is 5.41 Å². The van der Waals surface area contributed by atoms with E-state index in [-0.39, 0.29) is 29.7 Å². The van der Waals surface area contributed by atoms with Crippen molar-refractivity contribution in [3.05, 3.63) is 52.7 Å². The molecular formula is C28H32ClN7O3. The van der Waals surface area contributed by atoms with Gasteiger partial charge in [0.2, 0.25) is 11.8 Å². The molecule has 0 saturated carbocycles. The summed E-state index contributed by atoms with van der Waals surface area (Å²) in [5, 5.41) is 14.3. The maximum absolute atomic E-state index is 12.7. The summed E-state index contributed by atoms with van der Waals surface area (Å²) in [5.41, 5.74) is 2.25. The Balaban J connectivity index is 1.42. The molecule has 4 heterocycles. The topological polar surface area (TPSA) is 121 Å². The van der Waals surface area contributed by atoms with Crippen LogP contribution in [0.25, 0.3) is 11.7 Å². The Morgan fingerprint density at radius 3 is 2.64 bits per heavy atom. The van der Waals surface area contributed by atoms with Gasteiger partial charge >= 0.3 is 0 Å². The molecule has 39 heavy (non-hydrogen) atoms. The fourth-order valence-corrected chi connectivity index (χ4v) is 5.01. The van der Waals surface area contributed by atoms with Crippen molar-refractivity contribution in [1.29, 1.82) is 0 Å². The number of nitrogens with one attached hydrogen (secondary N) is 3. The van der Waals surface area contributed by atoms with Gasteiger partial charge < -0.3 is 15.5 Å². The van der Waals surface area contributed by atoms with E-state index >= 15 is 0 Å². The lowest BCUT2D eigenvalue weighted by atomic mass is 9.91. The second-order valence-electron chi connectivity index (χ2n) is 11.3. The molecule has 0 aliphatic carbocycles. The average molecular weight is 550 g/mol. The van der Waals surface area contributed by atoms with Crippen LogP contribution < -0.4 is 16.0 Å². The highest BCUT2D eigenvalue weighted by atomic mass is 35.5. The molecule has 0 spiro atoms. The van der Waals surface area contributed by atoms with Crippen molar-refractivity contribution < 1.29 is 14.4 Å². The normalized spacial score (nSPS) is 17.6. The zero-order valence-corrected chi connectivity index (χ0v) is 23.0. The molecule has 2 aliphatic rings. The van der Waals surface area contributed by atoms with Crippen molar-refractivity contribution in [2.75, 3.05) is 23.7 Å². The van der Waals surface area contributed by atoms with E-state index in [1.54, 1.807) is 28.9 Å². The van der Waals surface area contributed by atoms with E-state index in [2.05, 4.69) is 41.8 Å². The summed E-state index contributed by atoms with van der Waals surface area (Å²) >= 11 is 6.18. The lowest BCUT2D eigenvalue weighted by molar-refractivity contribution is -0.134. The first-order chi connectivity index (χ1) is 18.5. The van der Waals surface area contributed by atoms with Crippen molar-refractivity contribution in [3.8, 4) is 0 Å². The molecule has 2 aromatic heterocycles. The molecule has 2 saturated heterocycles. The van der Waals surface area contributed by atoms with Crippen LogP contribution in [0.4, 0.5) is 17.3 Å². The predicted octanol–water partition coefficient (Wildman–Crippen LogP) is 4.40. The molecule has 5 rings (SSSR count). The SMILES string of the molecule is CC(C)(C)CC(=O)N1CCC(Nc2cc(Nc3cccc(Cl)c3)nc3c(/C=C4\CC(=O)NC4=O)cnn23)CC1. The number of carbonyl (C=O) groups excluding carboxylic acids is 3. The molecule has 2 fully saturated rings. The maximum atomic E-state index is 12.7. The molecule has 204 valence electrons. The molecule has 3 amide bonds. The third kappa shape index (κ3) is 6.39. The van der Waals surface area contributed by atoms with Gasteiger partial charge in [0, 0.05) is 53.5 Å². The van der Waals surface area contributed by atoms with Gasteiger partial charge in [-0.1, -0.05) is 38.4 Å². The van der Waals surface area contributed by atoms with E-state index in [4.69, 9.17) is 16.6 Å². The van der Waals surface area contributed by atoms with Gasteiger partial charge in [-0.05, 0) is 42.5 Å². The second-order valence-corrected chi connectivity index (χ2v) is 11.7. The first kappa shape index (κ1) is 26.7. The number of fused-ring (bicyclic) bond motifs is 1. The van der Waals surface area contributed by atoms with Gasteiger partial charge in [0.15, 0.2) is 5.65 Å². The van der Waals surface area contributed by atoms with E-state index in [1.807, 2.05) is 23.1 Å². The van der Waals surface area contributed by atoms with E-state index < -0.39 is 5.91 Å². The number of nitrogens with zero attached hydrogens (tertiary/aromatic N) is 4. The van der Waals surface area contributed by atoms with Crippen molar-refractivity contribution in [2.45, 2.75) is 52.5 Å². The molecule has 10 nitrogen and oxygen atoms in total. The lowest BCUT2D eigenvalue weighted by Gasteiger charge is -2.34. The van der Waals surface area contributed by atoms with Crippen molar-refractivity contribution in [2.24, 2.45) is 5.41 Å². The summed E-state index contributed by atoms with van der Waals surface area (Å²) in [6, 6.07) is 9.35. The standard InChI is InChI=1S/C28H32ClN7O3/c1-28(2,3)15-25(38)35-9-7-20(8-10-35)32-23-14-22(31-21-6-4-5-19(29)13-21)33-26-18(16-30-36(23)26)11-17-12-24(37)34-27(17)39/h4-6,11,13-14,16,20,32H,7-10,12,15H2,1-3H3,(H,31,33)(H,34,37,39)/b17-11+. The molecule has 1 aromatic carbocycles. The Morgan fingerprint density at radius 2 is 1.97 bits per heavy atom. The van der Waals surface area contributed by atoms with Crippen LogP contribution in [0.15, 0.2) is 42.1 Å². The zero-order valence-electron chi connectivity index (χ0n) is 22.3. The van der Waals surface area contributed by atoms with Gasteiger partial charge in [0.1, 0.15) is 11.6 Å². The number of aromatic nitrogens is 3. The maximum Gasteiger partial charge on any atom is 0.254 e. The first-order valence-electron chi connectivity index (χ1n) is 13.0. The highest BCUT2D eigenvalue weighted by molar-refractivity contribution is 6.30. The van der Waals surface area contributed by atoms with Gasteiger partial charge in [-0.2, -0.15) is 9.61 Å². The van der Waals surface area contributed by atoms with Crippen molar-refractivity contribution in [3.63, 3.8) is 0 Å².